The summed E-state index contributed by atoms with van der Waals surface area (Å²) in [7, 11) is 1.59. The summed E-state index contributed by atoms with van der Waals surface area (Å²) in [6.45, 7) is 5.26. The van der Waals surface area contributed by atoms with Crippen LogP contribution < -0.4 is 19.9 Å². The SMILES string of the molecule is CC[C@H](C)C(=O)N[C@H]1CN(C(=O)c2ccc(C(C)=O)cc2)c2ccccc2N(Cc2c(OC)ccc3cc(Br)ccc23)C1=O. The van der Waals surface area contributed by atoms with E-state index in [2.05, 4.69) is 21.2 Å². The monoisotopic (exact) mass is 655 g/mol. The van der Waals surface area contributed by atoms with Crippen molar-refractivity contribution in [3.05, 3.63) is 100 Å². The normalized spacial score (nSPS) is 15.4. The molecule has 8 nitrogen and oxygen atoms in total. The Hall–Kier alpha value is -4.50. The van der Waals surface area contributed by atoms with Crippen LogP contribution >= 0.6 is 15.9 Å². The summed E-state index contributed by atoms with van der Waals surface area (Å²) in [5.74, 6) is -0.753. The fourth-order valence-electron chi connectivity index (χ4n) is 5.41. The number of anilines is 2. The third-order valence-electron chi connectivity index (χ3n) is 8.14. The molecule has 0 spiro atoms. The fourth-order valence-corrected chi connectivity index (χ4v) is 5.79. The molecule has 0 saturated carbocycles. The highest BCUT2D eigenvalue weighted by Gasteiger charge is 2.38. The van der Waals surface area contributed by atoms with Crippen LogP contribution in [0, 0.1) is 5.92 Å². The minimum Gasteiger partial charge on any atom is -0.496 e. The number of hydrogen-bond donors (Lipinski definition) is 1. The lowest BCUT2D eigenvalue weighted by molar-refractivity contribution is -0.129. The second-order valence-corrected chi connectivity index (χ2v) is 11.9. The van der Waals surface area contributed by atoms with Gasteiger partial charge in [-0.05, 0) is 66.6 Å². The van der Waals surface area contributed by atoms with Gasteiger partial charge < -0.3 is 19.9 Å². The molecule has 0 saturated heterocycles. The lowest BCUT2D eigenvalue weighted by atomic mass is 10.0. The molecular weight excluding hydrogens is 622 g/mol. The topological polar surface area (TPSA) is 96.0 Å². The van der Waals surface area contributed by atoms with Crippen LogP contribution in [-0.2, 0) is 16.1 Å². The molecular formula is C35H34BrN3O5. The summed E-state index contributed by atoms with van der Waals surface area (Å²) in [6.07, 6.45) is 0.602. The van der Waals surface area contributed by atoms with E-state index in [1.165, 1.54) is 11.8 Å². The van der Waals surface area contributed by atoms with E-state index in [1.54, 1.807) is 48.4 Å². The van der Waals surface area contributed by atoms with E-state index in [-0.39, 0.29) is 42.5 Å². The Bertz CT molecular complexity index is 1750. The maximum atomic E-state index is 14.5. The minimum atomic E-state index is -1.01. The summed E-state index contributed by atoms with van der Waals surface area (Å²) in [5, 5.41) is 4.83. The van der Waals surface area contributed by atoms with Crippen molar-refractivity contribution < 1.29 is 23.9 Å². The van der Waals surface area contributed by atoms with E-state index in [0.29, 0.717) is 34.7 Å². The second kappa shape index (κ2) is 13.0. The molecule has 226 valence electrons. The molecule has 4 aromatic carbocycles. The number of hydrogen-bond acceptors (Lipinski definition) is 5. The van der Waals surface area contributed by atoms with E-state index in [1.807, 2.05) is 56.3 Å². The number of amides is 3. The van der Waals surface area contributed by atoms with Crippen LogP contribution in [0.5, 0.6) is 5.75 Å². The van der Waals surface area contributed by atoms with Crippen LogP contribution in [0.1, 0.15) is 53.5 Å². The Balaban J connectivity index is 1.64. The molecule has 0 fully saturated rings. The van der Waals surface area contributed by atoms with Gasteiger partial charge in [0, 0.05) is 27.1 Å². The van der Waals surface area contributed by atoms with Crippen LogP contribution in [0.25, 0.3) is 10.8 Å². The van der Waals surface area contributed by atoms with Gasteiger partial charge in [0.05, 0.1) is 31.6 Å². The highest BCUT2D eigenvalue weighted by molar-refractivity contribution is 9.10. The molecule has 1 aliphatic heterocycles. The quantitative estimate of drug-likeness (QED) is 0.218. The zero-order chi connectivity index (χ0) is 31.5. The van der Waals surface area contributed by atoms with E-state index in [9.17, 15) is 19.2 Å². The number of nitrogens with one attached hydrogen (secondary N) is 1. The predicted octanol–water partition coefficient (Wildman–Crippen LogP) is 6.54. The first-order chi connectivity index (χ1) is 21.1. The van der Waals surface area contributed by atoms with Crippen molar-refractivity contribution in [3.63, 3.8) is 0 Å². The number of carbonyl (C=O) groups excluding carboxylic acids is 4. The van der Waals surface area contributed by atoms with Gasteiger partial charge in [-0.15, -0.1) is 0 Å². The van der Waals surface area contributed by atoms with Crippen molar-refractivity contribution >= 4 is 61.6 Å². The van der Waals surface area contributed by atoms with Crippen LogP contribution in [-0.4, -0.2) is 43.2 Å². The lowest BCUT2D eigenvalue weighted by Gasteiger charge is -2.27. The standard InChI is InChI=1S/C35H34BrN3O5/c1-5-21(2)33(41)37-29-20-39(34(42)24-12-10-23(11-13-24)22(3)40)31-9-7-6-8-30(31)38(35(29)43)19-28-27-16-15-26(36)18-25(27)14-17-32(28)44-4/h6-18,21,29H,5,19-20H2,1-4H3,(H,37,41)/t21-,29-/m0/s1. The number of methoxy groups -OCH3 is 1. The Kier molecular flexibility index (Phi) is 9.15. The van der Waals surface area contributed by atoms with E-state index in [0.717, 1.165) is 20.8 Å². The maximum absolute atomic E-state index is 14.5. The molecule has 0 bridgehead atoms. The predicted molar refractivity (Wildman–Crippen MR) is 175 cm³/mol. The number of rotatable bonds is 8. The average Bonchev–Trinajstić information content (AvgIpc) is 3.14. The molecule has 1 heterocycles. The number of ketones is 1. The molecule has 0 radical (unpaired) electrons. The smallest absolute Gasteiger partial charge is 0.258 e. The van der Waals surface area contributed by atoms with Crippen molar-refractivity contribution in [2.75, 3.05) is 23.5 Å². The van der Waals surface area contributed by atoms with Crippen LogP contribution in [0.15, 0.2) is 83.3 Å². The average molecular weight is 657 g/mol. The third kappa shape index (κ3) is 6.10. The van der Waals surface area contributed by atoms with E-state index < -0.39 is 6.04 Å². The number of para-hydroxylation sites is 2. The van der Waals surface area contributed by atoms with Gasteiger partial charge in [-0.2, -0.15) is 0 Å². The first-order valence-electron chi connectivity index (χ1n) is 14.5. The molecule has 0 unspecified atom stereocenters. The van der Waals surface area contributed by atoms with Crippen molar-refractivity contribution in [1.29, 1.82) is 0 Å². The number of carbonyl (C=O) groups is 4. The molecule has 44 heavy (non-hydrogen) atoms. The van der Waals surface area contributed by atoms with E-state index in [4.69, 9.17) is 4.74 Å². The van der Waals surface area contributed by atoms with Gasteiger partial charge in [0.15, 0.2) is 5.78 Å². The summed E-state index contributed by atoms with van der Waals surface area (Å²) < 4.78 is 6.68. The molecule has 1 aliphatic rings. The van der Waals surface area contributed by atoms with Gasteiger partial charge >= 0.3 is 0 Å². The van der Waals surface area contributed by atoms with Gasteiger partial charge in [-0.3, -0.25) is 19.2 Å². The lowest BCUT2D eigenvalue weighted by Crippen LogP contribution is -2.53. The highest BCUT2D eigenvalue weighted by Crippen LogP contribution is 2.38. The van der Waals surface area contributed by atoms with Crippen molar-refractivity contribution in [2.45, 2.75) is 39.8 Å². The third-order valence-corrected chi connectivity index (χ3v) is 8.63. The molecule has 3 amide bonds. The largest absolute Gasteiger partial charge is 0.496 e. The summed E-state index contributed by atoms with van der Waals surface area (Å²) >= 11 is 3.54. The Labute approximate surface area is 265 Å². The summed E-state index contributed by atoms with van der Waals surface area (Å²) in [6, 6.07) is 22.4. The minimum absolute atomic E-state index is 0.0680. The highest BCUT2D eigenvalue weighted by atomic mass is 79.9. The first kappa shape index (κ1) is 30.9. The Morgan fingerprint density at radius 2 is 1.66 bits per heavy atom. The van der Waals surface area contributed by atoms with Gasteiger partial charge in [0.2, 0.25) is 5.91 Å². The summed E-state index contributed by atoms with van der Waals surface area (Å²) in [5.41, 5.74) is 2.71. The van der Waals surface area contributed by atoms with Crippen LogP contribution in [0.3, 0.4) is 0 Å². The first-order valence-corrected chi connectivity index (χ1v) is 15.3. The molecule has 5 rings (SSSR count). The Morgan fingerprint density at radius 3 is 2.32 bits per heavy atom. The van der Waals surface area contributed by atoms with Crippen molar-refractivity contribution in [2.24, 2.45) is 5.92 Å². The number of fused-ring (bicyclic) bond motifs is 2. The molecule has 0 aliphatic carbocycles. The summed E-state index contributed by atoms with van der Waals surface area (Å²) in [4.78, 5) is 56.7. The number of Topliss-reactive ketones (excluding diaryl/α,β-unsaturated/α-hetero) is 1. The zero-order valence-electron chi connectivity index (χ0n) is 25.1. The molecule has 0 aromatic heterocycles. The fraction of sp³-hybridized carbons (Fsp3) is 0.257. The molecule has 9 heteroatoms. The Morgan fingerprint density at radius 1 is 0.977 bits per heavy atom. The molecule has 4 aromatic rings. The van der Waals surface area contributed by atoms with Gasteiger partial charge in [0.25, 0.3) is 11.8 Å². The number of halogens is 1. The van der Waals surface area contributed by atoms with Crippen molar-refractivity contribution in [3.8, 4) is 5.75 Å². The van der Waals surface area contributed by atoms with Crippen molar-refractivity contribution in [1.82, 2.24) is 5.32 Å². The van der Waals surface area contributed by atoms with Crippen LogP contribution in [0.2, 0.25) is 0 Å². The van der Waals surface area contributed by atoms with Gasteiger partial charge in [-0.1, -0.05) is 66.2 Å². The number of benzene rings is 4. The van der Waals surface area contributed by atoms with Gasteiger partial charge in [-0.25, -0.2) is 0 Å². The molecule has 1 N–H and O–H groups in total. The van der Waals surface area contributed by atoms with Crippen LogP contribution in [0.4, 0.5) is 11.4 Å². The van der Waals surface area contributed by atoms with E-state index >= 15 is 0 Å². The number of nitrogens with zero attached hydrogens (tertiary/aromatic N) is 2. The van der Waals surface area contributed by atoms with Gasteiger partial charge in [0.1, 0.15) is 11.8 Å². The number of ether oxygens (including phenoxy) is 1. The molecule has 2 atom stereocenters. The zero-order valence-corrected chi connectivity index (χ0v) is 26.7. The maximum Gasteiger partial charge on any atom is 0.258 e. The second-order valence-electron chi connectivity index (χ2n) is 10.9.